The van der Waals surface area contributed by atoms with Gasteiger partial charge in [0.05, 0.1) is 13.2 Å². The van der Waals surface area contributed by atoms with Gasteiger partial charge in [0.15, 0.2) is 0 Å². The van der Waals surface area contributed by atoms with Gasteiger partial charge in [-0.25, -0.2) is 0 Å². The van der Waals surface area contributed by atoms with Gasteiger partial charge in [0, 0.05) is 0 Å². The van der Waals surface area contributed by atoms with Crippen LogP contribution in [0.4, 0.5) is 0 Å². The van der Waals surface area contributed by atoms with E-state index in [2.05, 4.69) is 17.0 Å². The number of likely N-dealkylation sites (tertiary alicyclic amines) is 1. The fraction of sp³-hybridized carbons (Fsp3) is 0.308. The number of piperidine rings is 1. The van der Waals surface area contributed by atoms with Crippen molar-refractivity contribution in [3.8, 4) is 5.75 Å². The van der Waals surface area contributed by atoms with Crippen molar-refractivity contribution >= 4 is 0 Å². The van der Waals surface area contributed by atoms with Gasteiger partial charge in [-0.05, 0) is 54.8 Å². The van der Waals surface area contributed by atoms with Gasteiger partial charge >= 0.3 is 0 Å². The van der Waals surface area contributed by atoms with Crippen molar-refractivity contribution in [2.75, 3.05) is 20.2 Å². The third-order valence-electron chi connectivity index (χ3n) is 6.01. The lowest BCUT2D eigenvalue weighted by molar-refractivity contribution is -0.0299. The zero-order valence-electron chi connectivity index (χ0n) is 17.0. The lowest BCUT2D eigenvalue weighted by Crippen LogP contribution is -2.47. The number of hydrogen-bond donors (Lipinski definition) is 1. The van der Waals surface area contributed by atoms with Gasteiger partial charge < -0.3 is 9.84 Å². The number of methoxy groups -OCH3 is 1. The number of rotatable bonds is 6. The van der Waals surface area contributed by atoms with Crippen LogP contribution in [0.5, 0.6) is 5.75 Å². The number of hydrogen-bond acceptors (Lipinski definition) is 3. The van der Waals surface area contributed by atoms with Crippen LogP contribution in [0.25, 0.3) is 0 Å². The molecule has 1 aliphatic rings. The Morgan fingerprint density at radius 3 is 1.76 bits per heavy atom. The molecule has 3 nitrogen and oxygen atoms in total. The molecule has 29 heavy (non-hydrogen) atoms. The Morgan fingerprint density at radius 2 is 1.28 bits per heavy atom. The number of ether oxygens (including phenoxy) is 1. The average molecular weight is 388 g/mol. The van der Waals surface area contributed by atoms with E-state index in [1.54, 1.807) is 7.11 Å². The quantitative estimate of drug-likeness (QED) is 0.634. The Bertz CT molecular complexity index is 848. The molecular weight excluding hydrogens is 358 g/mol. The van der Waals surface area contributed by atoms with Crippen molar-refractivity contribution in [1.82, 2.24) is 4.90 Å². The largest absolute Gasteiger partial charge is 0.497 e. The Balaban J connectivity index is 1.90. The van der Waals surface area contributed by atoms with E-state index in [-0.39, 0.29) is 6.04 Å². The van der Waals surface area contributed by atoms with E-state index < -0.39 is 5.60 Å². The molecule has 1 heterocycles. The minimum absolute atomic E-state index is 0.182. The zero-order valence-corrected chi connectivity index (χ0v) is 17.0. The normalized spacial score (nSPS) is 16.3. The topological polar surface area (TPSA) is 32.7 Å². The van der Waals surface area contributed by atoms with E-state index in [0.29, 0.717) is 0 Å². The smallest absolute Gasteiger partial charge is 0.134 e. The summed E-state index contributed by atoms with van der Waals surface area (Å²) in [6, 6.07) is 28.1. The summed E-state index contributed by atoms with van der Waals surface area (Å²) in [5, 5.41) is 12.5. The van der Waals surface area contributed by atoms with Crippen LogP contribution in [-0.4, -0.2) is 30.2 Å². The van der Waals surface area contributed by atoms with Crippen molar-refractivity contribution in [1.29, 1.82) is 0 Å². The predicted octanol–water partition coefficient (Wildman–Crippen LogP) is 5.16. The molecule has 3 aromatic rings. The first-order valence-electron chi connectivity index (χ1n) is 10.4. The Hall–Kier alpha value is -2.62. The van der Waals surface area contributed by atoms with Gasteiger partial charge in [-0.2, -0.15) is 0 Å². The molecule has 3 heteroatoms. The van der Waals surface area contributed by atoms with Gasteiger partial charge in [0.1, 0.15) is 11.4 Å². The van der Waals surface area contributed by atoms with Crippen LogP contribution < -0.4 is 4.74 Å². The van der Waals surface area contributed by atoms with E-state index in [4.69, 9.17) is 4.74 Å². The van der Waals surface area contributed by atoms with Gasteiger partial charge in [-0.3, -0.25) is 4.90 Å². The minimum Gasteiger partial charge on any atom is -0.497 e. The highest BCUT2D eigenvalue weighted by atomic mass is 16.5. The maximum atomic E-state index is 12.5. The van der Waals surface area contributed by atoms with Gasteiger partial charge in [-0.1, -0.05) is 79.2 Å². The van der Waals surface area contributed by atoms with Crippen LogP contribution in [-0.2, 0) is 5.60 Å². The van der Waals surface area contributed by atoms with Crippen molar-refractivity contribution < 1.29 is 9.84 Å². The van der Waals surface area contributed by atoms with E-state index in [1.807, 2.05) is 72.8 Å². The first-order valence-corrected chi connectivity index (χ1v) is 10.4. The third-order valence-corrected chi connectivity index (χ3v) is 6.01. The van der Waals surface area contributed by atoms with Crippen LogP contribution in [0.1, 0.15) is 42.0 Å². The van der Waals surface area contributed by atoms with Gasteiger partial charge in [-0.15, -0.1) is 0 Å². The molecule has 0 amide bonds. The third kappa shape index (κ3) is 3.93. The first-order chi connectivity index (χ1) is 14.2. The molecule has 0 spiro atoms. The lowest BCUT2D eigenvalue weighted by atomic mass is 9.76. The maximum Gasteiger partial charge on any atom is 0.134 e. The van der Waals surface area contributed by atoms with E-state index in [1.165, 1.54) is 6.42 Å². The van der Waals surface area contributed by atoms with Crippen LogP contribution in [0, 0.1) is 0 Å². The van der Waals surface area contributed by atoms with Crippen molar-refractivity contribution in [2.45, 2.75) is 30.9 Å². The van der Waals surface area contributed by atoms with Crippen LogP contribution in [0.15, 0.2) is 84.9 Å². The second kappa shape index (κ2) is 8.81. The summed E-state index contributed by atoms with van der Waals surface area (Å²) in [6.45, 7) is 1.97. The zero-order chi connectivity index (χ0) is 20.1. The summed E-state index contributed by atoms with van der Waals surface area (Å²) in [6.07, 6.45) is 3.57. The van der Waals surface area contributed by atoms with E-state index in [0.717, 1.165) is 48.4 Å². The summed E-state index contributed by atoms with van der Waals surface area (Å²) in [5.74, 6) is 0.828. The minimum atomic E-state index is -1.16. The summed E-state index contributed by atoms with van der Waals surface area (Å²) in [5.41, 5.74) is 1.77. The summed E-state index contributed by atoms with van der Waals surface area (Å²) >= 11 is 0. The number of aliphatic hydroxyl groups is 1. The molecule has 3 aromatic carbocycles. The average Bonchev–Trinajstić information content (AvgIpc) is 2.81. The van der Waals surface area contributed by atoms with Crippen molar-refractivity contribution in [2.24, 2.45) is 0 Å². The molecule has 1 saturated heterocycles. The fourth-order valence-corrected chi connectivity index (χ4v) is 4.55. The Labute approximate surface area is 173 Å². The number of benzene rings is 3. The molecule has 1 aliphatic heterocycles. The molecule has 0 aromatic heterocycles. The van der Waals surface area contributed by atoms with E-state index in [9.17, 15) is 5.11 Å². The van der Waals surface area contributed by atoms with Crippen molar-refractivity contribution in [3.63, 3.8) is 0 Å². The molecule has 0 unspecified atom stereocenters. The molecule has 1 atom stereocenters. The van der Waals surface area contributed by atoms with Gasteiger partial charge in [0.2, 0.25) is 0 Å². The molecular formula is C26H29NO2. The maximum absolute atomic E-state index is 12.5. The SMILES string of the molecule is COc1ccc([C@@H](N2CCCCC2)C(O)(c2ccccc2)c2ccccc2)cc1. The highest BCUT2D eigenvalue weighted by molar-refractivity contribution is 5.42. The second-order valence-electron chi connectivity index (χ2n) is 7.77. The molecule has 4 rings (SSSR count). The van der Waals surface area contributed by atoms with Crippen LogP contribution in [0.3, 0.4) is 0 Å². The molecule has 150 valence electrons. The summed E-state index contributed by atoms with van der Waals surface area (Å²) < 4.78 is 5.37. The highest BCUT2D eigenvalue weighted by Crippen LogP contribution is 2.45. The Kier molecular flexibility index (Phi) is 5.98. The van der Waals surface area contributed by atoms with E-state index >= 15 is 0 Å². The summed E-state index contributed by atoms with van der Waals surface area (Å²) in [4.78, 5) is 2.45. The molecule has 0 aliphatic carbocycles. The monoisotopic (exact) mass is 387 g/mol. The molecule has 0 radical (unpaired) electrons. The fourth-order valence-electron chi connectivity index (χ4n) is 4.55. The molecule has 0 bridgehead atoms. The second-order valence-corrected chi connectivity index (χ2v) is 7.77. The standard InChI is InChI=1S/C26H29NO2/c1-29-24-17-15-21(16-18-24)25(27-19-9-4-10-20-27)26(28,22-11-5-2-6-12-22)23-13-7-3-8-14-23/h2-3,5-8,11-18,25,28H,4,9-10,19-20H2,1H3/t25-/m1/s1. The number of nitrogens with zero attached hydrogens (tertiary/aromatic N) is 1. The molecule has 0 saturated carbocycles. The van der Waals surface area contributed by atoms with Crippen LogP contribution in [0.2, 0.25) is 0 Å². The van der Waals surface area contributed by atoms with Gasteiger partial charge in [0.25, 0.3) is 0 Å². The lowest BCUT2D eigenvalue weighted by Gasteiger charge is -2.45. The van der Waals surface area contributed by atoms with Crippen molar-refractivity contribution in [3.05, 3.63) is 102 Å². The highest BCUT2D eigenvalue weighted by Gasteiger charge is 2.44. The first kappa shape index (κ1) is 19.7. The molecule has 1 N–H and O–H groups in total. The Morgan fingerprint density at radius 1 is 0.759 bits per heavy atom. The summed E-state index contributed by atoms with van der Waals surface area (Å²) in [7, 11) is 1.68. The molecule has 1 fully saturated rings. The van der Waals surface area contributed by atoms with Crippen LogP contribution >= 0.6 is 0 Å². The predicted molar refractivity (Wildman–Crippen MR) is 117 cm³/mol.